The van der Waals surface area contributed by atoms with Crippen LogP contribution in [0, 0.1) is 0 Å². The molecule has 0 aromatic rings. The van der Waals surface area contributed by atoms with Crippen molar-refractivity contribution >= 4 is 72.8 Å². The predicted octanol–water partition coefficient (Wildman–Crippen LogP) is 7.92. The normalized spacial score (nSPS) is 10.4. The van der Waals surface area contributed by atoms with Crippen molar-refractivity contribution in [1.82, 2.24) is 0 Å². The minimum absolute atomic E-state index is 0. The molecule has 0 aliphatic heterocycles. The van der Waals surface area contributed by atoms with E-state index in [1.54, 1.807) is 0 Å². The minimum Gasteiger partial charge on any atom is -0.550 e. The minimum atomic E-state index is -0.923. The third-order valence-corrected chi connectivity index (χ3v) is 8.48. The first kappa shape index (κ1) is 50.8. The number of carbonyl (C=O) groups is 4. The summed E-state index contributed by atoms with van der Waals surface area (Å²) < 4.78 is 9.23. The number of hydrogen-bond donors (Lipinski definition) is 0. The summed E-state index contributed by atoms with van der Waals surface area (Å²) >= 11 is 0. The van der Waals surface area contributed by atoms with Gasteiger partial charge in [0.25, 0.3) is 0 Å². The van der Waals surface area contributed by atoms with Gasteiger partial charge in [0, 0.05) is 24.8 Å². The Hall–Kier alpha value is -0.549. The smallest absolute Gasteiger partial charge is 0.550 e. The van der Waals surface area contributed by atoms with Crippen LogP contribution in [0.5, 0.6) is 0 Å². The Bertz CT molecular complexity index is 643. The summed E-state index contributed by atoms with van der Waals surface area (Å²) in [7, 11) is 2.89. The second kappa shape index (κ2) is 43.5. The Labute approximate surface area is 328 Å². The van der Waals surface area contributed by atoms with Crippen molar-refractivity contribution in [3.63, 3.8) is 0 Å². The molecule has 47 heavy (non-hydrogen) atoms. The number of carboxylic acids is 2. The van der Waals surface area contributed by atoms with Crippen LogP contribution < -0.4 is 10.2 Å². The van der Waals surface area contributed by atoms with E-state index in [0.717, 1.165) is 64.2 Å². The molecular weight excluding hydrogens is 722 g/mol. The van der Waals surface area contributed by atoms with Crippen molar-refractivity contribution < 1.29 is 38.9 Å². The van der Waals surface area contributed by atoms with E-state index in [0.29, 0.717) is 12.8 Å². The Morgan fingerprint density at radius 1 is 0.319 bits per heavy atom. The summed E-state index contributed by atoms with van der Waals surface area (Å²) in [5.41, 5.74) is 0. The standard InChI is InChI=1S/2C19H36O4.Ba/c2*1-23-19(22)17-15-13-11-9-7-5-3-2-4-6-8-10-12-14-16-18(20)21;/h2*2-17H2,1H3,(H,20,21);/q;;+2/p-2. The topological polar surface area (TPSA) is 133 Å². The van der Waals surface area contributed by atoms with Crippen LogP contribution in [0.3, 0.4) is 0 Å². The van der Waals surface area contributed by atoms with Gasteiger partial charge in [-0.3, -0.25) is 9.59 Å². The van der Waals surface area contributed by atoms with E-state index < -0.39 is 11.9 Å². The molecule has 0 atom stereocenters. The number of aliphatic carboxylic acids is 2. The van der Waals surface area contributed by atoms with Crippen LogP contribution >= 0.6 is 0 Å². The predicted molar refractivity (Wildman–Crippen MR) is 188 cm³/mol. The third-order valence-electron chi connectivity index (χ3n) is 8.48. The fraction of sp³-hybridized carbons (Fsp3) is 0.895. The number of carboxylic acid groups (broad SMARTS) is 2. The van der Waals surface area contributed by atoms with Gasteiger partial charge in [-0.05, 0) is 38.5 Å². The number of esters is 2. The molecule has 0 saturated heterocycles. The van der Waals surface area contributed by atoms with Gasteiger partial charge >= 0.3 is 60.8 Å². The zero-order valence-electron chi connectivity index (χ0n) is 30.6. The molecule has 0 aromatic carbocycles. The van der Waals surface area contributed by atoms with Gasteiger partial charge in [-0.25, -0.2) is 0 Å². The summed E-state index contributed by atoms with van der Waals surface area (Å²) in [4.78, 5) is 42.3. The van der Waals surface area contributed by atoms with Gasteiger partial charge in [-0.1, -0.05) is 154 Å². The van der Waals surface area contributed by atoms with E-state index in [4.69, 9.17) is 0 Å². The molecule has 0 fully saturated rings. The van der Waals surface area contributed by atoms with Crippen molar-refractivity contribution in [3.05, 3.63) is 0 Å². The second-order valence-corrected chi connectivity index (χ2v) is 12.8. The van der Waals surface area contributed by atoms with Gasteiger partial charge in [0.05, 0.1) is 14.2 Å². The number of hydrogen-bond acceptors (Lipinski definition) is 8. The van der Waals surface area contributed by atoms with Crippen molar-refractivity contribution in [2.24, 2.45) is 0 Å². The van der Waals surface area contributed by atoms with Gasteiger partial charge in [-0.15, -0.1) is 0 Å². The Morgan fingerprint density at radius 2 is 0.468 bits per heavy atom. The first-order valence-corrected chi connectivity index (χ1v) is 18.9. The molecule has 272 valence electrons. The Morgan fingerprint density at radius 3 is 0.617 bits per heavy atom. The van der Waals surface area contributed by atoms with Crippen molar-refractivity contribution in [3.8, 4) is 0 Å². The summed E-state index contributed by atoms with van der Waals surface area (Å²) in [5, 5.41) is 20.5. The van der Waals surface area contributed by atoms with E-state index in [1.165, 1.54) is 130 Å². The maximum absolute atomic E-state index is 10.9. The molecule has 0 saturated carbocycles. The number of rotatable bonds is 34. The largest absolute Gasteiger partial charge is 2.00 e. The molecule has 0 aliphatic carbocycles. The van der Waals surface area contributed by atoms with Gasteiger partial charge in [-0.2, -0.15) is 0 Å². The maximum Gasteiger partial charge on any atom is 2.00 e. The van der Waals surface area contributed by atoms with Crippen LogP contribution in [0.25, 0.3) is 0 Å². The van der Waals surface area contributed by atoms with Gasteiger partial charge in [0.1, 0.15) is 0 Å². The first-order chi connectivity index (χ1) is 22.3. The summed E-state index contributed by atoms with van der Waals surface area (Å²) in [6.45, 7) is 0. The molecule has 9 heteroatoms. The number of methoxy groups -OCH3 is 2. The molecule has 0 aliphatic rings. The summed E-state index contributed by atoms with van der Waals surface area (Å²) in [6.07, 6.45) is 34.8. The Balaban J connectivity index is -0.000000807. The molecule has 0 radical (unpaired) electrons. The molecule has 0 bridgehead atoms. The molecule has 0 N–H and O–H groups in total. The van der Waals surface area contributed by atoms with Crippen molar-refractivity contribution in [2.45, 2.75) is 205 Å². The summed E-state index contributed by atoms with van der Waals surface area (Å²) in [6, 6.07) is 0. The summed E-state index contributed by atoms with van der Waals surface area (Å²) in [5.74, 6) is -2.03. The third kappa shape index (κ3) is 49.9. The fourth-order valence-electron chi connectivity index (χ4n) is 5.52. The molecular formula is C38H70BaO8. The van der Waals surface area contributed by atoms with Crippen LogP contribution in [0.1, 0.15) is 205 Å². The zero-order chi connectivity index (χ0) is 34.4. The number of ether oxygens (including phenoxy) is 2. The monoisotopic (exact) mass is 792 g/mol. The average Bonchev–Trinajstić information content (AvgIpc) is 3.04. The first-order valence-electron chi connectivity index (χ1n) is 18.9. The van der Waals surface area contributed by atoms with E-state index >= 15 is 0 Å². The Kier molecular flexibility index (Phi) is 47.0. The average molecular weight is 792 g/mol. The van der Waals surface area contributed by atoms with Crippen LogP contribution in [0.2, 0.25) is 0 Å². The maximum atomic E-state index is 10.9. The quantitative estimate of drug-likeness (QED) is 0.0365. The molecule has 0 unspecified atom stereocenters. The van der Waals surface area contributed by atoms with Crippen molar-refractivity contribution in [1.29, 1.82) is 0 Å². The number of carbonyl (C=O) groups excluding carboxylic acids is 4. The molecule has 0 amide bonds. The van der Waals surface area contributed by atoms with Crippen LogP contribution in [0.15, 0.2) is 0 Å². The molecule has 0 heterocycles. The van der Waals surface area contributed by atoms with Gasteiger partial charge in [0.15, 0.2) is 0 Å². The SMILES string of the molecule is COC(=O)CCCCCCCCCCCCCCCCC(=O)[O-].COC(=O)CCCCCCCCCCCCCCCCC(=O)[O-].[Ba+2]. The number of unbranched alkanes of at least 4 members (excludes halogenated alkanes) is 26. The van der Waals surface area contributed by atoms with E-state index in [2.05, 4.69) is 9.47 Å². The van der Waals surface area contributed by atoms with Crippen LogP contribution in [-0.2, 0) is 28.7 Å². The van der Waals surface area contributed by atoms with E-state index in [9.17, 15) is 29.4 Å². The second-order valence-electron chi connectivity index (χ2n) is 12.8. The van der Waals surface area contributed by atoms with Gasteiger partial charge in [0.2, 0.25) is 0 Å². The van der Waals surface area contributed by atoms with Crippen molar-refractivity contribution in [2.75, 3.05) is 14.2 Å². The fourth-order valence-corrected chi connectivity index (χ4v) is 5.52. The zero-order valence-corrected chi connectivity index (χ0v) is 35.0. The molecule has 0 spiro atoms. The van der Waals surface area contributed by atoms with Crippen LogP contribution in [0.4, 0.5) is 0 Å². The molecule has 8 nitrogen and oxygen atoms in total. The van der Waals surface area contributed by atoms with Gasteiger partial charge < -0.3 is 29.3 Å². The van der Waals surface area contributed by atoms with E-state index in [1.807, 2.05) is 0 Å². The molecule has 0 aromatic heterocycles. The van der Waals surface area contributed by atoms with E-state index in [-0.39, 0.29) is 73.7 Å². The molecule has 0 rings (SSSR count). The van der Waals surface area contributed by atoms with Crippen LogP contribution in [-0.4, -0.2) is 87.0 Å².